The number of nitrogens with zero attached hydrogens (tertiary/aromatic N) is 1. The van der Waals surface area contributed by atoms with Crippen LogP contribution < -0.4 is 10.2 Å². The van der Waals surface area contributed by atoms with Crippen LogP contribution in [0.1, 0.15) is 30.0 Å². The zero-order chi connectivity index (χ0) is 13.8. The van der Waals surface area contributed by atoms with Crippen molar-refractivity contribution in [3.63, 3.8) is 0 Å². The molecule has 2 aromatic rings. The van der Waals surface area contributed by atoms with Gasteiger partial charge in [0.15, 0.2) is 0 Å². The van der Waals surface area contributed by atoms with Crippen LogP contribution in [-0.4, -0.2) is 14.1 Å². The molecule has 0 bridgehead atoms. The Kier molecular flexibility index (Phi) is 4.27. The lowest BCUT2D eigenvalue weighted by atomic mass is 10.1. The summed E-state index contributed by atoms with van der Waals surface area (Å²) in [5, 5.41) is 3.47. The topological polar surface area (TPSA) is 28.4 Å². The first-order valence-electron chi connectivity index (χ1n) is 6.62. The molecule has 3 nitrogen and oxygen atoms in total. The van der Waals surface area contributed by atoms with E-state index in [1.165, 1.54) is 11.3 Å². The van der Waals surface area contributed by atoms with Crippen molar-refractivity contribution >= 4 is 5.69 Å². The van der Waals surface area contributed by atoms with Gasteiger partial charge in [-0.05, 0) is 43.7 Å². The summed E-state index contributed by atoms with van der Waals surface area (Å²) >= 11 is 0. The third kappa shape index (κ3) is 3.61. The van der Waals surface area contributed by atoms with Crippen LogP contribution in [0.15, 0.2) is 40.8 Å². The van der Waals surface area contributed by atoms with Crippen LogP contribution in [0, 0.1) is 6.92 Å². The van der Waals surface area contributed by atoms with E-state index in [0.717, 1.165) is 18.1 Å². The number of hydrogen-bond acceptors (Lipinski definition) is 3. The molecule has 1 aromatic carbocycles. The zero-order valence-corrected chi connectivity index (χ0v) is 12.1. The summed E-state index contributed by atoms with van der Waals surface area (Å²) in [5.41, 5.74) is 2.51. The summed E-state index contributed by atoms with van der Waals surface area (Å²) in [4.78, 5) is 2.10. The number of nitrogens with one attached hydrogen (secondary N) is 1. The van der Waals surface area contributed by atoms with Gasteiger partial charge in [-0.15, -0.1) is 0 Å². The molecular weight excluding hydrogens is 236 g/mol. The Hall–Kier alpha value is -1.74. The molecule has 19 heavy (non-hydrogen) atoms. The predicted octanol–water partition coefficient (Wildman–Crippen LogP) is 3.50. The van der Waals surface area contributed by atoms with E-state index in [1.807, 2.05) is 19.1 Å². The van der Waals surface area contributed by atoms with Crippen molar-refractivity contribution < 1.29 is 4.42 Å². The Balaban J connectivity index is 1.94. The van der Waals surface area contributed by atoms with Crippen molar-refractivity contribution in [1.82, 2.24) is 5.32 Å². The first-order valence-corrected chi connectivity index (χ1v) is 6.62. The third-order valence-corrected chi connectivity index (χ3v) is 3.29. The Bertz CT molecular complexity index is 514. The van der Waals surface area contributed by atoms with Gasteiger partial charge in [0, 0.05) is 25.8 Å². The fraction of sp³-hybridized carbons (Fsp3) is 0.375. The second-order valence-electron chi connectivity index (χ2n) is 5.10. The Morgan fingerprint density at radius 2 is 1.79 bits per heavy atom. The van der Waals surface area contributed by atoms with Gasteiger partial charge in [0.2, 0.25) is 0 Å². The first kappa shape index (κ1) is 13.7. The smallest absolute Gasteiger partial charge is 0.117 e. The minimum Gasteiger partial charge on any atom is -0.465 e. The minimum atomic E-state index is 0.307. The fourth-order valence-electron chi connectivity index (χ4n) is 2.01. The molecule has 0 spiro atoms. The number of furan rings is 1. The van der Waals surface area contributed by atoms with E-state index in [1.54, 1.807) is 0 Å². The lowest BCUT2D eigenvalue weighted by Gasteiger charge is -2.16. The number of hydrogen-bond donors (Lipinski definition) is 1. The molecule has 0 aliphatic heterocycles. The maximum Gasteiger partial charge on any atom is 0.117 e. The van der Waals surface area contributed by atoms with Crippen molar-refractivity contribution in [3.05, 3.63) is 53.5 Å². The molecule has 1 unspecified atom stereocenters. The first-order chi connectivity index (χ1) is 9.06. The standard InChI is InChI=1S/C16H22N2O/c1-12-5-10-16(19-12)11-17-13(2)14-6-8-15(9-7-14)18(3)4/h5-10,13,17H,11H2,1-4H3. The molecule has 0 saturated heterocycles. The summed E-state index contributed by atoms with van der Waals surface area (Å²) in [6.07, 6.45) is 0. The van der Waals surface area contributed by atoms with E-state index >= 15 is 0 Å². The minimum absolute atomic E-state index is 0.307. The average Bonchev–Trinajstić information content (AvgIpc) is 2.82. The molecule has 0 saturated carbocycles. The van der Waals surface area contributed by atoms with Crippen molar-refractivity contribution in [1.29, 1.82) is 0 Å². The summed E-state index contributed by atoms with van der Waals surface area (Å²) < 4.78 is 5.55. The number of benzene rings is 1. The monoisotopic (exact) mass is 258 g/mol. The van der Waals surface area contributed by atoms with Gasteiger partial charge in [-0.25, -0.2) is 0 Å². The van der Waals surface area contributed by atoms with E-state index in [-0.39, 0.29) is 0 Å². The van der Waals surface area contributed by atoms with Gasteiger partial charge in [-0.3, -0.25) is 0 Å². The second kappa shape index (κ2) is 5.93. The summed E-state index contributed by atoms with van der Waals surface area (Å²) in [6, 6.07) is 12.9. The van der Waals surface area contributed by atoms with Crippen LogP contribution in [0.3, 0.4) is 0 Å². The molecule has 2 rings (SSSR count). The van der Waals surface area contributed by atoms with Gasteiger partial charge in [0.1, 0.15) is 11.5 Å². The number of aryl methyl sites for hydroxylation is 1. The average molecular weight is 258 g/mol. The molecule has 0 radical (unpaired) electrons. The van der Waals surface area contributed by atoms with Crippen molar-refractivity contribution in [3.8, 4) is 0 Å². The summed E-state index contributed by atoms with van der Waals surface area (Å²) in [7, 11) is 4.10. The van der Waals surface area contributed by atoms with Gasteiger partial charge in [0.05, 0.1) is 6.54 Å². The molecule has 0 fully saturated rings. The summed E-state index contributed by atoms with van der Waals surface area (Å²) in [6.45, 7) is 4.89. The van der Waals surface area contributed by atoms with Crippen molar-refractivity contribution in [2.75, 3.05) is 19.0 Å². The molecule has 0 aliphatic rings. The normalized spacial score (nSPS) is 12.4. The second-order valence-corrected chi connectivity index (χ2v) is 5.10. The lowest BCUT2D eigenvalue weighted by Crippen LogP contribution is -2.18. The molecular formula is C16H22N2O. The van der Waals surface area contributed by atoms with E-state index in [2.05, 4.69) is 55.5 Å². The molecule has 1 heterocycles. The predicted molar refractivity (Wildman–Crippen MR) is 79.5 cm³/mol. The zero-order valence-electron chi connectivity index (χ0n) is 12.1. The van der Waals surface area contributed by atoms with Crippen molar-refractivity contribution in [2.45, 2.75) is 26.4 Å². The van der Waals surface area contributed by atoms with Crippen LogP contribution in [0.2, 0.25) is 0 Å². The SMILES string of the molecule is Cc1ccc(CNC(C)c2ccc(N(C)C)cc2)o1. The fourth-order valence-corrected chi connectivity index (χ4v) is 2.01. The van der Waals surface area contributed by atoms with E-state index in [9.17, 15) is 0 Å². The molecule has 3 heteroatoms. The largest absolute Gasteiger partial charge is 0.465 e. The van der Waals surface area contributed by atoms with Crippen LogP contribution in [0.5, 0.6) is 0 Å². The van der Waals surface area contributed by atoms with Crippen molar-refractivity contribution in [2.24, 2.45) is 0 Å². The molecule has 1 aromatic heterocycles. The lowest BCUT2D eigenvalue weighted by molar-refractivity contribution is 0.444. The van der Waals surface area contributed by atoms with Gasteiger partial charge < -0.3 is 14.6 Å². The molecule has 0 aliphatic carbocycles. The molecule has 102 valence electrons. The van der Waals surface area contributed by atoms with Crippen LogP contribution in [-0.2, 0) is 6.54 Å². The molecule has 0 amide bonds. The van der Waals surface area contributed by atoms with E-state index in [4.69, 9.17) is 4.42 Å². The number of rotatable bonds is 5. The van der Waals surface area contributed by atoms with Gasteiger partial charge in [0.25, 0.3) is 0 Å². The van der Waals surface area contributed by atoms with Gasteiger partial charge in [-0.1, -0.05) is 12.1 Å². The Morgan fingerprint density at radius 1 is 1.11 bits per heavy atom. The van der Waals surface area contributed by atoms with Crippen LogP contribution in [0.25, 0.3) is 0 Å². The van der Waals surface area contributed by atoms with E-state index in [0.29, 0.717) is 6.04 Å². The Labute approximate surface area is 115 Å². The maximum absolute atomic E-state index is 5.55. The highest BCUT2D eigenvalue weighted by molar-refractivity contribution is 5.46. The van der Waals surface area contributed by atoms with Gasteiger partial charge in [-0.2, -0.15) is 0 Å². The Morgan fingerprint density at radius 3 is 2.32 bits per heavy atom. The molecule has 1 atom stereocenters. The van der Waals surface area contributed by atoms with Gasteiger partial charge >= 0.3 is 0 Å². The number of anilines is 1. The summed E-state index contributed by atoms with van der Waals surface area (Å²) in [5.74, 6) is 1.94. The highest BCUT2D eigenvalue weighted by atomic mass is 16.3. The highest BCUT2D eigenvalue weighted by Crippen LogP contribution is 2.18. The van der Waals surface area contributed by atoms with Crippen LogP contribution in [0.4, 0.5) is 5.69 Å². The highest BCUT2D eigenvalue weighted by Gasteiger charge is 2.06. The van der Waals surface area contributed by atoms with E-state index < -0.39 is 0 Å². The van der Waals surface area contributed by atoms with Crippen LogP contribution >= 0.6 is 0 Å². The molecule has 1 N–H and O–H groups in total. The third-order valence-electron chi connectivity index (χ3n) is 3.29. The maximum atomic E-state index is 5.55. The quantitative estimate of drug-likeness (QED) is 0.889.